The van der Waals surface area contributed by atoms with Crippen LogP contribution in [0.15, 0.2) is 30.3 Å². The maximum absolute atomic E-state index is 11.7. The molecule has 20 heavy (non-hydrogen) atoms. The lowest BCUT2D eigenvalue weighted by Crippen LogP contribution is -2.41. The van der Waals surface area contributed by atoms with Crippen LogP contribution in [0.25, 0.3) is 0 Å². The van der Waals surface area contributed by atoms with Crippen LogP contribution in [-0.4, -0.2) is 55.7 Å². The number of aliphatic carboxylic acids is 1. The number of para-hydroxylation sites is 1. The molecule has 1 aromatic rings. The number of carboxylic acids is 1. The van der Waals surface area contributed by atoms with Crippen molar-refractivity contribution >= 4 is 17.7 Å². The van der Waals surface area contributed by atoms with Crippen molar-refractivity contribution in [3.05, 3.63) is 30.3 Å². The number of nitrogens with zero attached hydrogens (tertiary/aromatic N) is 2. The molecule has 0 aromatic heterocycles. The number of hydrogen-bond acceptors (Lipinski definition) is 3. The van der Waals surface area contributed by atoms with Crippen molar-refractivity contribution in [3.63, 3.8) is 0 Å². The van der Waals surface area contributed by atoms with Crippen LogP contribution in [0.4, 0.5) is 10.5 Å². The molecule has 2 amide bonds. The molecule has 1 rings (SSSR count). The first kappa shape index (κ1) is 15.8. The Labute approximate surface area is 119 Å². The summed E-state index contributed by atoms with van der Waals surface area (Å²) in [6, 6.07) is 9.62. The van der Waals surface area contributed by atoms with Gasteiger partial charge < -0.3 is 20.2 Å². The minimum Gasteiger partial charge on any atom is -0.481 e. The van der Waals surface area contributed by atoms with Gasteiger partial charge in [0.05, 0.1) is 6.42 Å². The van der Waals surface area contributed by atoms with Gasteiger partial charge >= 0.3 is 12.0 Å². The quantitative estimate of drug-likeness (QED) is 0.787. The largest absolute Gasteiger partial charge is 0.481 e. The average Bonchev–Trinajstić information content (AvgIpc) is 2.45. The van der Waals surface area contributed by atoms with E-state index in [2.05, 4.69) is 5.32 Å². The maximum atomic E-state index is 11.7. The van der Waals surface area contributed by atoms with E-state index in [1.54, 1.807) is 7.05 Å². The van der Waals surface area contributed by atoms with E-state index >= 15 is 0 Å². The molecule has 0 saturated heterocycles. The van der Waals surface area contributed by atoms with E-state index in [1.807, 2.05) is 42.3 Å². The van der Waals surface area contributed by atoms with Crippen molar-refractivity contribution in [2.75, 3.05) is 38.6 Å². The zero-order valence-corrected chi connectivity index (χ0v) is 11.9. The molecule has 0 aliphatic rings. The summed E-state index contributed by atoms with van der Waals surface area (Å²) >= 11 is 0. The topological polar surface area (TPSA) is 72.9 Å². The predicted molar refractivity (Wildman–Crippen MR) is 78.0 cm³/mol. The molecule has 0 aliphatic carbocycles. The second-order valence-corrected chi connectivity index (χ2v) is 4.55. The van der Waals surface area contributed by atoms with E-state index in [-0.39, 0.29) is 19.0 Å². The molecule has 6 nitrogen and oxygen atoms in total. The first-order valence-electron chi connectivity index (χ1n) is 6.47. The van der Waals surface area contributed by atoms with Crippen LogP contribution >= 0.6 is 0 Å². The van der Waals surface area contributed by atoms with Crippen molar-refractivity contribution in [1.29, 1.82) is 0 Å². The zero-order valence-electron chi connectivity index (χ0n) is 11.9. The molecule has 0 bridgehead atoms. The number of urea groups is 1. The molecule has 0 aliphatic heterocycles. The van der Waals surface area contributed by atoms with Crippen molar-refractivity contribution < 1.29 is 14.7 Å². The average molecular weight is 279 g/mol. The molecule has 0 atom stereocenters. The molecule has 110 valence electrons. The van der Waals surface area contributed by atoms with Crippen LogP contribution in [0.3, 0.4) is 0 Å². The van der Waals surface area contributed by atoms with Gasteiger partial charge in [0.1, 0.15) is 0 Å². The number of nitrogens with one attached hydrogen (secondary N) is 1. The summed E-state index contributed by atoms with van der Waals surface area (Å²) in [6.45, 7) is 1.39. The SMILES string of the molecule is CN(CCC(=O)O)C(=O)NCCN(C)c1ccccc1. The Morgan fingerprint density at radius 3 is 2.40 bits per heavy atom. The summed E-state index contributed by atoms with van der Waals surface area (Å²) in [5.74, 6) is -0.909. The number of hydrogen-bond donors (Lipinski definition) is 2. The number of anilines is 1. The fourth-order valence-corrected chi connectivity index (χ4v) is 1.64. The predicted octanol–water partition coefficient (Wildman–Crippen LogP) is 1.24. The van der Waals surface area contributed by atoms with Crippen LogP contribution in [0.2, 0.25) is 0 Å². The third-order valence-electron chi connectivity index (χ3n) is 2.93. The molecule has 0 heterocycles. The van der Waals surface area contributed by atoms with Gasteiger partial charge in [0.2, 0.25) is 0 Å². The molecule has 2 N–H and O–H groups in total. The lowest BCUT2D eigenvalue weighted by atomic mass is 10.3. The number of carboxylic acid groups (broad SMARTS) is 1. The van der Waals surface area contributed by atoms with Gasteiger partial charge in [-0.15, -0.1) is 0 Å². The van der Waals surface area contributed by atoms with Crippen LogP contribution in [0.5, 0.6) is 0 Å². The zero-order chi connectivity index (χ0) is 15.0. The van der Waals surface area contributed by atoms with Gasteiger partial charge in [0.15, 0.2) is 0 Å². The fraction of sp³-hybridized carbons (Fsp3) is 0.429. The Morgan fingerprint density at radius 1 is 1.15 bits per heavy atom. The van der Waals surface area contributed by atoms with E-state index in [9.17, 15) is 9.59 Å². The number of benzene rings is 1. The van der Waals surface area contributed by atoms with E-state index < -0.39 is 5.97 Å². The summed E-state index contributed by atoms with van der Waals surface area (Å²) in [5, 5.41) is 11.3. The monoisotopic (exact) mass is 279 g/mol. The van der Waals surface area contributed by atoms with Crippen LogP contribution in [0.1, 0.15) is 6.42 Å². The number of likely N-dealkylation sites (N-methyl/N-ethyl adjacent to an activating group) is 1. The highest BCUT2D eigenvalue weighted by atomic mass is 16.4. The van der Waals surface area contributed by atoms with Crippen LogP contribution in [0, 0.1) is 0 Å². The van der Waals surface area contributed by atoms with Gasteiger partial charge in [-0.05, 0) is 12.1 Å². The van der Waals surface area contributed by atoms with Crippen molar-refractivity contribution in [2.24, 2.45) is 0 Å². The van der Waals surface area contributed by atoms with Crippen LogP contribution in [-0.2, 0) is 4.79 Å². The van der Waals surface area contributed by atoms with E-state index in [0.29, 0.717) is 13.1 Å². The first-order chi connectivity index (χ1) is 9.50. The normalized spacial score (nSPS) is 9.90. The Kier molecular flexibility index (Phi) is 6.36. The summed E-state index contributed by atoms with van der Waals surface area (Å²) in [5.41, 5.74) is 1.08. The smallest absolute Gasteiger partial charge is 0.317 e. The number of rotatable bonds is 7. The van der Waals surface area contributed by atoms with Crippen molar-refractivity contribution in [3.8, 4) is 0 Å². The molecule has 0 unspecified atom stereocenters. The standard InChI is InChI=1S/C14H21N3O3/c1-16(12-6-4-3-5-7-12)11-9-15-14(20)17(2)10-8-13(18)19/h3-7H,8-11H2,1-2H3,(H,15,20)(H,18,19). The minimum absolute atomic E-state index is 0.0478. The minimum atomic E-state index is -0.909. The van der Waals surface area contributed by atoms with Gasteiger partial charge in [0.25, 0.3) is 0 Å². The van der Waals surface area contributed by atoms with E-state index in [1.165, 1.54) is 4.90 Å². The Bertz CT molecular complexity index is 437. The number of carbonyl (C=O) groups is 2. The second-order valence-electron chi connectivity index (χ2n) is 4.55. The molecular weight excluding hydrogens is 258 g/mol. The van der Waals surface area contributed by atoms with Crippen LogP contribution < -0.4 is 10.2 Å². The third kappa shape index (κ3) is 5.60. The van der Waals surface area contributed by atoms with E-state index in [4.69, 9.17) is 5.11 Å². The maximum Gasteiger partial charge on any atom is 0.317 e. The van der Waals surface area contributed by atoms with Gasteiger partial charge in [-0.3, -0.25) is 4.79 Å². The molecule has 0 spiro atoms. The Balaban J connectivity index is 2.26. The highest BCUT2D eigenvalue weighted by Crippen LogP contribution is 2.09. The third-order valence-corrected chi connectivity index (χ3v) is 2.93. The lowest BCUT2D eigenvalue weighted by molar-refractivity contribution is -0.137. The number of amides is 2. The van der Waals surface area contributed by atoms with E-state index in [0.717, 1.165) is 5.69 Å². The molecule has 1 aromatic carbocycles. The molecule has 0 fully saturated rings. The van der Waals surface area contributed by atoms with Gasteiger partial charge in [-0.1, -0.05) is 18.2 Å². The Morgan fingerprint density at radius 2 is 1.80 bits per heavy atom. The lowest BCUT2D eigenvalue weighted by Gasteiger charge is -2.21. The summed E-state index contributed by atoms with van der Waals surface area (Å²) in [7, 11) is 3.54. The highest BCUT2D eigenvalue weighted by molar-refractivity contribution is 5.75. The highest BCUT2D eigenvalue weighted by Gasteiger charge is 2.09. The van der Waals surface area contributed by atoms with Crippen molar-refractivity contribution in [1.82, 2.24) is 10.2 Å². The second kappa shape index (κ2) is 8.04. The molecule has 0 saturated carbocycles. The van der Waals surface area contributed by atoms with Gasteiger partial charge in [0, 0.05) is 39.4 Å². The summed E-state index contributed by atoms with van der Waals surface area (Å²) in [4.78, 5) is 25.5. The fourth-order valence-electron chi connectivity index (χ4n) is 1.64. The first-order valence-corrected chi connectivity index (χ1v) is 6.47. The Hall–Kier alpha value is -2.24. The number of carbonyl (C=O) groups excluding carboxylic acids is 1. The summed E-state index contributed by atoms with van der Waals surface area (Å²) in [6.07, 6.45) is -0.0478. The molecule has 0 radical (unpaired) electrons. The molecular formula is C14H21N3O3. The molecule has 6 heteroatoms. The van der Waals surface area contributed by atoms with Gasteiger partial charge in [-0.25, -0.2) is 4.79 Å². The summed E-state index contributed by atoms with van der Waals surface area (Å²) < 4.78 is 0. The van der Waals surface area contributed by atoms with Gasteiger partial charge in [-0.2, -0.15) is 0 Å². The van der Waals surface area contributed by atoms with Crippen molar-refractivity contribution in [2.45, 2.75) is 6.42 Å².